The zero-order chi connectivity index (χ0) is 19.5. The molecule has 2 aliphatic heterocycles. The van der Waals surface area contributed by atoms with Gasteiger partial charge < -0.3 is 0 Å². The van der Waals surface area contributed by atoms with E-state index in [1.165, 1.54) is 12.8 Å². The number of hydrogen-bond donors (Lipinski definition) is 1. The molecule has 1 amide bonds. The van der Waals surface area contributed by atoms with Gasteiger partial charge in [0.1, 0.15) is 5.70 Å². The number of thioether (sulfide) groups is 1. The van der Waals surface area contributed by atoms with E-state index in [1.807, 2.05) is 48.5 Å². The van der Waals surface area contributed by atoms with Gasteiger partial charge in [-0.25, -0.2) is 5.01 Å². The SMILES string of the molecule is CCCCCSC1=NN2C(=c3ccccc3=NC2c2ccccc2Br)C(=O)N1. The second-order valence-corrected chi connectivity index (χ2v) is 8.59. The van der Waals surface area contributed by atoms with Crippen LogP contribution >= 0.6 is 27.7 Å². The molecule has 0 spiro atoms. The van der Waals surface area contributed by atoms with Gasteiger partial charge in [0.15, 0.2) is 11.3 Å². The fourth-order valence-electron chi connectivity index (χ4n) is 3.30. The predicted octanol–water partition coefficient (Wildman–Crippen LogP) is 3.52. The molecule has 144 valence electrons. The normalized spacial score (nSPS) is 18.0. The number of carbonyl (C=O) groups excluding carboxylic acids is 1. The van der Waals surface area contributed by atoms with Gasteiger partial charge in [0.05, 0.1) is 5.36 Å². The number of amidine groups is 1. The molecule has 2 aromatic carbocycles. The molecule has 4 rings (SSSR count). The van der Waals surface area contributed by atoms with E-state index in [4.69, 9.17) is 10.1 Å². The Morgan fingerprint density at radius 1 is 1.14 bits per heavy atom. The molecule has 28 heavy (non-hydrogen) atoms. The second-order valence-electron chi connectivity index (χ2n) is 6.65. The standard InChI is InChI=1S/C21H21BrN4OS/c1-2-3-8-13-28-21-24-20(27)18-15-10-5-7-12-17(15)23-19(26(18)25-21)14-9-4-6-11-16(14)22/h4-7,9-12,19H,2-3,8,13H2,1H3,(H,24,25,27). The maximum absolute atomic E-state index is 13.0. The zero-order valence-corrected chi connectivity index (χ0v) is 18.0. The summed E-state index contributed by atoms with van der Waals surface area (Å²) in [5.41, 5.74) is 1.52. The molecule has 1 N–H and O–H groups in total. The average Bonchev–Trinajstić information content (AvgIpc) is 2.71. The highest BCUT2D eigenvalue weighted by atomic mass is 79.9. The Labute approximate surface area is 176 Å². The number of rotatable bonds is 5. The number of benzene rings is 2. The van der Waals surface area contributed by atoms with E-state index < -0.39 is 6.17 Å². The number of para-hydroxylation sites is 1. The van der Waals surface area contributed by atoms with Gasteiger partial charge in [-0.05, 0) is 18.6 Å². The van der Waals surface area contributed by atoms with E-state index in [0.717, 1.165) is 32.8 Å². The van der Waals surface area contributed by atoms with Crippen LogP contribution in [0.4, 0.5) is 0 Å². The summed E-state index contributed by atoms with van der Waals surface area (Å²) in [5, 5.41) is 11.8. The van der Waals surface area contributed by atoms with Crippen LogP contribution in [0.3, 0.4) is 0 Å². The molecule has 0 aromatic heterocycles. The predicted molar refractivity (Wildman–Crippen MR) is 117 cm³/mol. The van der Waals surface area contributed by atoms with Crippen LogP contribution in [0.1, 0.15) is 37.9 Å². The van der Waals surface area contributed by atoms with Crippen LogP contribution in [0.5, 0.6) is 0 Å². The number of fused-ring (bicyclic) bond motifs is 2. The molecule has 7 heteroatoms. The lowest BCUT2D eigenvalue weighted by atomic mass is 10.1. The topological polar surface area (TPSA) is 57.1 Å². The second kappa shape index (κ2) is 8.49. The lowest BCUT2D eigenvalue weighted by Gasteiger charge is -2.34. The molecule has 2 heterocycles. The number of nitrogens with zero attached hydrogens (tertiary/aromatic N) is 3. The third kappa shape index (κ3) is 3.73. The maximum Gasteiger partial charge on any atom is 0.276 e. The number of hydrazone groups is 1. The van der Waals surface area contributed by atoms with Gasteiger partial charge in [0, 0.05) is 21.0 Å². The molecule has 0 fully saturated rings. The molecule has 1 atom stereocenters. The first-order valence-corrected chi connectivity index (χ1v) is 11.2. The van der Waals surface area contributed by atoms with Crippen molar-refractivity contribution in [1.82, 2.24) is 10.3 Å². The first kappa shape index (κ1) is 19.2. The van der Waals surface area contributed by atoms with Gasteiger partial charge in [0.2, 0.25) is 0 Å². The van der Waals surface area contributed by atoms with E-state index in [1.54, 1.807) is 16.8 Å². The molecule has 2 aliphatic rings. The highest BCUT2D eigenvalue weighted by Gasteiger charge is 2.34. The van der Waals surface area contributed by atoms with Gasteiger partial charge >= 0.3 is 0 Å². The Balaban J connectivity index is 1.79. The number of amides is 1. The van der Waals surface area contributed by atoms with Crippen molar-refractivity contribution in [3.8, 4) is 0 Å². The third-order valence-electron chi connectivity index (χ3n) is 4.69. The summed E-state index contributed by atoms with van der Waals surface area (Å²) < 4.78 is 0.945. The van der Waals surface area contributed by atoms with Crippen molar-refractivity contribution in [3.63, 3.8) is 0 Å². The summed E-state index contributed by atoms with van der Waals surface area (Å²) in [7, 11) is 0. The van der Waals surface area contributed by atoms with Crippen molar-refractivity contribution in [1.29, 1.82) is 0 Å². The minimum atomic E-state index is -0.391. The van der Waals surface area contributed by atoms with Crippen molar-refractivity contribution < 1.29 is 4.79 Å². The van der Waals surface area contributed by atoms with Crippen LogP contribution < -0.4 is 15.9 Å². The van der Waals surface area contributed by atoms with Crippen LogP contribution in [0.15, 0.2) is 63.1 Å². The first-order valence-electron chi connectivity index (χ1n) is 9.42. The number of halogens is 1. The quantitative estimate of drug-likeness (QED) is 0.700. The molecule has 0 bridgehead atoms. The highest BCUT2D eigenvalue weighted by Crippen LogP contribution is 2.34. The van der Waals surface area contributed by atoms with Crippen molar-refractivity contribution in [3.05, 3.63) is 69.1 Å². The Hall–Kier alpha value is -2.12. The Morgan fingerprint density at radius 3 is 2.75 bits per heavy atom. The van der Waals surface area contributed by atoms with E-state index in [9.17, 15) is 4.79 Å². The molecule has 0 aliphatic carbocycles. The number of hydrogen-bond acceptors (Lipinski definition) is 5. The summed E-state index contributed by atoms with van der Waals surface area (Å²) in [4.78, 5) is 17.9. The van der Waals surface area contributed by atoms with Crippen LogP contribution in [0.2, 0.25) is 0 Å². The summed E-state index contributed by atoms with van der Waals surface area (Å²) in [6.07, 6.45) is 3.06. The molecule has 2 aromatic rings. The fraction of sp³-hybridized carbons (Fsp3) is 0.286. The molecular weight excluding hydrogens is 436 g/mol. The maximum atomic E-state index is 13.0. The van der Waals surface area contributed by atoms with E-state index in [0.29, 0.717) is 10.9 Å². The van der Waals surface area contributed by atoms with Crippen LogP contribution in [0.25, 0.3) is 5.70 Å². The Bertz CT molecular complexity index is 1050. The van der Waals surface area contributed by atoms with Gasteiger partial charge in [-0.3, -0.25) is 15.1 Å². The lowest BCUT2D eigenvalue weighted by molar-refractivity contribution is -0.116. The molecule has 5 nitrogen and oxygen atoms in total. The number of nitrogens with one attached hydrogen (secondary N) is 1. The van der Waals surface area contributed by atoms with Gasteiger partial charge in [-0.2, -0.15) is 0 Å². The highest BCUT2D eigenvalue weighted by molar-refractivity contribution is 9.10. The van der Waals surface area contributed by atoms with Crippen LogP contribution in [-0.2, 0) is 4.79 Å². The van der Waals surface area contributed by atoms with Crippen molar-refractivity contribution >= 4 is 44.5 Å². The summed E-state index contributed by atoms with van der Waals surface area (Å²) in [6, 6.07) is 15.7. The smallest absolute Gasteiger partial charge is 0.276 e. The van der Waals surface area contributed by atoms with Crippen LogP contribution in [0, 0.1) is 0 Å². The van der Waals surface area contributed by atoms with E-state index >= 15 is 0 Å². The summed E-state index contributed by atoms with van der Waals surface area (Å²) >= 11 is 5.22. The van der Waals surface area contributed by atoms with Crippen molar-refractivity contribution in [2.75, 3.05) is 5.75 Å². The third-order valence-corrected chi connectivity index (χ3v) is 6.36. The first-order chi connectivity index (χ1) is 13.7. The molecule has 0 saturated heterocycles. The van der Waals surface area contributed by atoms with E-state index in [2.05, 4.69) is 28.2 Å². The lowest BCUT2D eigenvalue weighted by Crippen LogP contribution is -2.50. The van der Waals surface area contributed by atoms with Gasteiger partial charge in [0.25, 0.3) is 5.91 Å². The molecule has 0 radical (unpaired) electrons. The monoisotopic (exact) mass is 456 g/mol. The minimum Gasteiger partial charge on any atom is -0.298 e. The summed E-state index contributed by atoms with van der Waals surface area (Å²) in [6.45, 7) is 2.18. The van der Waals surface area contributed by atoms with Crippen molar-refractivity contribution in [2.24, 2.45) is 10.1 Å². The molecular formula is C21H21BrN4OS. The van der Waals surface area contributed by atoms with Gasteiger partial charge in [-0.1, -0.05) is 83.9 Å². The van der Waals surface area contributed by atoms with Crippen molar-refractivity contribution in [2.45, 2.75) is 32.4 Å². The fourth-order valence-corrected chi connectivity index (χ4v) is 4.64. The summed E-state index contributed by atoms with van der Waals surface area (Å²) in [5.74, 6) is 0.802. The minimum absolute atomic E-state index is 0.132. The number of carbonyl (C=O) groups is 1. The van der Waals surface area contributed by atoms with Gasteiger partial charge in [-0.15, -0.1) is 5.10 Å². The molecule has 1 unspecified atom stereocenters. The Morgan fingerprint density at radius 2 is 1.93 bits per heavy atom. The zero-order valence-electron chi connectivity index (χ0n) is 15.6. The van der Waals surface area contributed by atoms with Crippen LogP contribution in [-0.4, -0.2) is 21.8 Å². The number of unbranched alkanes of at least 4 members (excludes halogenated alkanes) is 2. The largest absolute Gasteiger partial charge is 0.298 e. The Kier molecular flexibility index (Phi) is 5.82. The molecule has 0 saturated carbocycles. The average molecular weight is 457 g/mol. The van der Waals surface area contributed by atoms with E-state index in [-0.39, 0.29) is 5.91 Å².